The van der Waals surface area contributed by atoms with E-state index in [2.05, 4.69) is 15.6 Å². The van der Waals surface area contributed by atoms with Gasteiger partial charge in [-0.1, -0.05) is 29.8 Å². The van der Waals surface area contributed by atoms with E-state index >= 15 is 0 Å². The number of anilines is 2. The van der Waals surface area contributed by atoms with E-state index < -0.39 is 0 Å². The van der Waals surface area contributed by atoms with Crippen molar-refractivity contribution in [3.05, 3.63) is 59.2 Å². The van der Waals surface area contributed by atoms with E-state index in [9.17, 15) is 9.59 Å². The zero-order valence-corrected chi connectivity index (χ0v) is 13.8. The Kier molecular flexibility index (Phi) is 4.53. The molecule has 24 heavy (non-hydrogen) atoms. The molecule has 0 saturated heterocycles. The number of benzene rings is 2. The van der Waals surface area contributed by atoms with Gasteiger partial charge >= 0.3 is 0 Å². The number of hydrogen-bond acceptors (Lipinski definition) is 2. The Labute approximate surface area is 144 Å². The largest absolute Gasteiger partial charge is 0.361 e. The van der Waals surface area contributed by atoms with Crippen LogP contribution in [0.2, 0.25) is 5.02 Å². The lowest BCUT2D eigenvalue weighted by Crippen LogP contribution is -2.16. The first-order valence-corrected chi connectivity index (χ1v) is 7.83. The van der Waals surface area contributed by atoms with Gasteiger partial charge in [0.1, 0.15) is 0 Å². The molecule has 0 fully saturated rings. The third kappa shape index (κ3) is 3.58. The number of halogens is 1. The lowest BCUT2D eigenvalue weighted by Gasteiger charge is -2.12. The Morgan fingerprint density at radius 2 is 1.88 bits per heavy atom. The molecule has 0 radical (unpaired) electrons. The van der Waals surface area contributed by atoms with Crippen LogP contribution in [0.1, 0.15) is 12.5 Å². The van der Waals surface area contributed by atoms with E-state index in [4.69, 9.17) is 11.6 Å². The normalized spacial score (nSPS) is 10.6. The Morgan fingerprint density at radius 1 is 1.08 bits per heavy atom. The fraction of sp³-hybridized carbons (Fsp3) is 0.111. The number of nitrogens with one attached hydrogen (secondary N) is 3. The number of aromatic amines is 1. The molecule has 3 N–H and O–H groups in total. The highest BCUT2D eigenvalue weighted by Crippen LogP contribution is 2.26. The fourth-order valence-corrected chi connectivity index (χ4v) is 2.74. The Morgan fingerprint density at radius 3 is 2.67 bits per heavy atom. The summed E-state index contributed by atoms with van der Waals surface area (Å²) in [6, 6.07) is 12.7. The molecule has 0 aliphatic heterocycles. The monoisotopic (exact) mass is 341 g/mol. The molecule has 0 atom stereocenters. The van der Waals surface area contributed by atoms with Crippen molar-refractivity contribution in [2.45, 2.75) is 13.3 Å². The highest BCUT2D eigenvalue weighted by Gasteiger charge is 2.12. The predicted molar refractivity (Wildman–Crippen MR) is 96.4 cm³/mol. The quantitative estimate of drug-likeness (QED) is 0.672. The van der Waals surface area contributed by atoms with Gasteiger partial charge in [0, 0.05) is 29.0 Å². The maximum Gasteiger partial charge on any atom is 0.228 e. The molecule has 0 unspecified atom stereocenters. The average Bonchev–Trinajstić information content (AvgIpc) is 2.93. The highest BCUT2D eigenvalue weighted by molar-refractivity contribution is 6.31. The zero-order valence-electron chi connectivity index (χ0n) is 13.0. The molecule has 6 heteroatoms. The van der Waals surface area contributed by atoms with Crippen molar-refractivity contribution in [3.63, 3.8) is 0 Å². The van der Waals surface area contributed by atoms with Crippen LogP contribution in [0, 0.1) is 0 Å². The number of para-hydroxylation sites is 1. The van der Waals surface area contributed by atoms with Crippen molar-refractivity contribution < 1.29 is 9.59 Å². The van der Waals surface area contributed by atoms with Gasteiger partial charge in [-0.2, -0.15) is 0 Å². The summed E-state index contributed by atoms with van der Waals surface area (Å²) in [5.74, 6) is -0.405. The minimum Gasteiger partial charge on any atom is -0.361 e. The minimum absolute atomic E-state index is 0.186. The van der Waals surface area contributed by atoms with Gasteiger partial charge < -0.3 is 15.6 Å². The van der Waals surface area contributed by atoms with Crippen LogP contribution in [-0.2, 0) is 16.0 Å². The van der Waals surface area contributed by atoms with Crippen LogP contribution in [0.15, 0.2) is 48.7 Å². The first kappa shape index (κ1) is 16.1. The van der Waals surface area contributed by atoms with Gasteiger partial charge in [-0.25, -0.2) is 0 Å². The number of carbonyl (C=O) groups excluding carboxylic acids is 2. The number of fused-ring (bicyclic) bond motifs is 1. The Balaban J connectivity index is 1.80. The highest BCUT2D eigenvalue weighted by atomic mass is 35.5. The molecular weight excluding hydrogens is 326 g/mol. The maximum absolute atomic E-state index is 12.4. The van der Waals surface area contributed by atoms with Crippen molar-refractivity contribution in [3.8, 4) is 0 Å². The number of H-pyrrole nitrogens is 1. The molecule has 0 aliphatic carbocycles. The van der Waals surface area contributed by atoms with Crippen LogP contribution < -0.4 is 10.6 Å². The van der Waals surface area contributed by atoms with Gasteiger partial charge in [-0.3, -0.25) is 9.59 Å². The van der Waals surface area contributed by atoms with E-state index in [-0.39, 0.29) is 18.2 Å². The van der Waals surface area contributed by atoms with Gasteiger partial charge in [0.15, 0.2) is 0 Å². The fourth-order valence-electron chi connectivity index (χ4n) is 2.56. The van der Waals surface area contributed by atoms with Gasteiger partial charge in [0.05, 0.1) is 17.8 Å². The molecule has 1 aromatic heterocycles. The van der Waals surface area contributed by atoms with E-state index in [1.165, 1.54) is 6.92 Å². The van der Waals surface area contributed by atoms with Crippen LogP contribution >= 0.6 is 11.6 Å². The van der Waals surface area contributed by atoms with Crippen LogP contribution in [0.5, 0.6) is 0 Å². The second-order valence-corrected chi connectivity index (χ2v) is 5.89. The molecule has 2 amide bonds. The third-order valence-electron chi connectivity index (χ3n) is 3.59. The van der Waals surface area contributed by atoms with Crippen molar-refractivity contribution in [1.82, 2.24) is 4.98 Å². The SMILES string of the molecule is CC(=O)Nc1ccc(Cl)cc1NC(=O)Cc1c[nH]c2ccccc12. The molecule has 5 nitrogen and oxygen atoms in total. The summed E-state index contributed by atoms with van der Waals surface area (Å²) < 4.78 is 0. The zero-order chi connectivity index (χ0) is 17.1. The number of hydrogen-bond donors (Lipinski definition) is 3. The lowest BCUT2D eigenvalue weighted by molar-refractivity contribution is -0.116. The Bertz CT molecular complexity index is 918. The van der Waals surface area contributed by atoms with E-state index in [0.29, 0.717) is 16.4 Å². The standard InChI is InChI=1S/C18H16ClN3O2/c1-11(23)21-16-7-6-13(19)9-17(16)22-18(24)8-12-10-20-15-5-3-2-4-14(12)15/h2-7,9-10,20H,8H2,1H3,(H,21,23)(H,22,24). The average molecular weight is 342 g/mol. The molecule has 0 aliphatic rings. The van der Waals surface area contributed by atoms with E-state index in [1.54, 1.807) is 18.2 Å². The second-order valence-electron chi connectivity index (χ2n) is 5.46. The number of rotatable bonds is 4. The molecule has 0 bridgehead atoms. The molecular formula is C18H16ClN3O2. The first-order valence-electron chi connectivity index (χ1n) is 7.45. The summed E-state index contributed by atoms with van der Waals surface area (Å²) in [5, 5.41) is 6.98. The van der Waals surface area contributed by atoms with E-state index in [1.807, 2.05) is 30.5 Å². The van der Waals surface area contributed by atoms with Crippen molar-refractivity contribution in [2.75, 3.05) is 10.6 Å². The van der Waals surface area contributed by atoms with Crippen molar-refractivity contribution in [2.24, 2.45) is 0 Å². The summed E-state index contributed by atoms with van der Waals surface area (Å²) in [7, 11) is 0. The first-order chi connectivity index (χ1) is 11.5. The topological polar surface area (TPSA) is 74.0 Å². The molecule has 3 rings (SSSR count). The second kappa shape index (κ2) is 6.76. The maximum atomic E-state index is 12.4. The lowest BCUT2D eigenvalue weighted by atomic mass is 10.1. The molecule has 122 valence electrons. The minimum atomic E-state index is -0.218. The van der Waals surface area contributed by atoms with Gasteiger partial charge in [-0.15, -0.1) is 0 Å². The Hall–Kier alpha value is -2.79. The van der Waals surface area contributed by atoms with Crippen molar-refractivity contribution in [1.29, 1.82) is 0 Å². The van der Waals surface area contributed by atoms with Crippen LogP contribution in [0.3, 0.4) is 0 Å². The van der Waals surface area contributed by atoms with Gasteiger partial charge in [0.25, 0.3) is 0 Å². The smallest absolute Gasteiger partial charge is 0.228 e. The number of amides is 2. The van der Waals surface area contributed by atoms with Gasteiger partial charge in [0.2, 0.25) is 11.8 Å². The molecule has 1 heterocycles. The van der Waals surface area contributed by atoms with Gasteiger partial charge in [-0.05, 0) is 29.8 Å². The summed E-state index contributed by atoms with van der Waals surface area (Å²) >= 11 is 5.99. The third-order valence-corrected chi connectivity index (χ3v) is 3.83. The summed E-state index contributed by atoms with van der Waals surface area (Å²) in [6.07, 6.45) is 2.05. The molecule has 0 spiro atoms. The van der Waals surface area contributed by atoms with Crippen LogP contribution in [-0.4, -0.2) is 16.8 Å². The predicted octanol–water partition coefficient (Wildman–Crippen LogP) is 3.96. The summed E-state index contributed by atoms with van der Waals surface area (Å²) in [6.45, 7) is 1.41. The number of aromatic nitrogens is 1. The van der Waals surface area contributed by atoms with Crippen molar-refractivity contribution >= 4 is 45.7 Å². The molecule has 3 aromatic rings. The molecule has 0 saturated carbocycles. The number of carbonyl (C=O) groups is 2. The van der Waals surface area contributed by atoms with Crippen LogP contribution in [0.4, 0.5) is 11.4 Å². The summed E-state index contributed by atoms with van der Waals surface area (Å²) in [5.41, 5.74) is 2.88. The summed E-state index contributed by atoms with van der Waals surface area (Å²) in [4.78, 5) is 26.8. The molecule has 2 aromatic carbocycles. The van der Waals surface area contributed by atoms with Crippen LogP contribution in [0.25, 0.3) is 10.9 Å². The van der Waals surface area contributed by atoms with E-state index in [0.717, 1.165) is 16.5 Å².